The van der Waals surface area contributed by atoms with E-state index < -0.39 is 17.5 Å². The van der Waals surface area contributed by atoms with E-state index >= 15 is 0 Å². The van der Waals surface area contributed by atoms with Gasteiger partial charge in [-0.1, -0.05) is 0 Å². The number of ether oxygens (including phenoxy) is 1. The summed E-state index contributed by atoms with van der Waals surface area (Å²) in [7, 11) is 1.55. The number of aromatic nitrogens is 3. The molecule has 0 radical (unpaired) electrons. The van der Waals surface area contributed by atoms with Crippen LogP contribution in [0.5, 0.6) is 5.75 Å². The van der Waals surface area contributed by atoms with Gasteiger partial charge in [0.05, 0.1) is 12.8 Å². The van der Waals surface area contributed by atoms with Crippen LogP contribution < -0.4 is 10.1 Å². The van der Waals surface area contributed by atoms with Crippen molar-refractivity contribution in [3.05, 3.63) is 90.3 Å². The van der Waals surface area contributed by atoms with Crippen molar-refractivity contribution in [2.45, 2.75) is 0 Å². The van der Waals surface area contributed by atoms with Crippen LogP contribution in [0.3, 0.4) is 0 Å². The van der Waals surface area contributed by atoms with Gasteiger partial charge in [0.15, 0.2) is 5.82 Å². The highest BCUT2D eigenvalue weighted by molar-refractivity contribution is 6.01. The van der Waals surface area contributed by atoms with Gasteiger partial charge in [-0.3, -0.25) is 4.79 Å². The van der Waals surface area contributed by atoms with Crippen LogP contribution in [-0.2, 0) is 0 Å². The number of amides is 1. The molecule has 0 aliphatic carbocycles. The van der Waals surface area contributed by atoms with Gasteiger partial charge < -0.3 is 10.1 Å². The first-order valence-corrected chi connectivity index (χ1v) is 8.98. The fraction of sp³-hybridized carbons (Fsp3) is 0.0455. The highest BCUT2D eigenvalue weighted by Crippen LogP contribution is 2.23. The molecule has 150 valence electrons. The Labute approximate surface area is 170 Å². The molecule has 1 aromatic heterocycles. The number of nitrogens with one attached hydrogen (secondary N) is 1. The van der Waals surface area contributed by atoms with Gasteiger partial charge in [-0.15, -0.1) is 5.10 Å². The summed E-state index contributed by atoms with van der Waals surface area (Å²) in [6, 6.07) is 18.0. The third kappa shape index (κ3) is 4.02. The normalized spacial score (nSPS) is 10.6. The Morgan fingerprint density at radius 3 is 2.10 bits per heavy atom. The Bertz CT molecular complexity index is 1110. The molecule has 8 heteroatoms. The van der Waals surface area contributed by atoms with Crippen molar-refractivity contribution in [3.8, 4) is 22.8 Å². The van der Waals surface area contributed by atoms with Gasteiger partial charge >= 0.3 is 0 Å². The Balaban J connectivity index is 1.71. The summed E-state index contributed by atoms with van der Waals surface area (Å²) in [6.07, 6.45) is 0. The molecule has 3 aromatic carbocycles. The molecule has 1 N–H and O–H groups in total. The lowest BCUT2D eigenvalue weighted by molar-refractivity contribution is 0.101. The fourth-order valence-electron chi connectivity index (χ4n) is 2.82. The maximum Gasteiger partial charge on any atom is 0.295 e. The van der Waals surface area contributed by atoms with Gasteiger partial charge in [0.25, 0.3) is 5.91 Å². The van der Waals surface area contributed by atoms with E-state index in [1.165, 1.54) is 53.2 Å². The first-order valence-electron chi connectivity index (χ1n) is 8.98. The fourth-order valence-corrected chi connectivity index (χ4v) is 2.82. The van der Waals surface area contributed by atoms with Crippen molar-refractivity contribution >= 4 is 11.6 Å². The molecule has 0 aliphatic heterocycles. The van der Waals surface area contributed by atoms with Crippen molar-refractivity contribution in [1.82, 2.24) is 14.8 Å². The number of hydrogen-bond donors (Lipinski definition) is 1. The molecule has 0 atom stereocenters. The largest absolute Gasteiger partial charge is 0.497 e. The lowest BCUT2D eigenvalue weighted by Crippen LogP contribution is -2.14. The van der Waals surface area contributed by atoms with Crippen LogP contribution in [0.25, 0.3) is 17.1 Å². The summed E-state index contributed by atoms with van der Waals surface area (Å²) in [4.78, 5) is 17.0. The van der Waals surface area contributed by atoms with E-state index in [4.69, 9.17) is 4.74 Å². The number of halogens is 2. The minimum Gasteiger partial charge on any atom is -0.497 e. The van der Waals surface area contributed by atoms with E-state index in [9.17, 15) is 13.6 Å². The Morgan fingerprint density at radius 2 is 1.50 bits per heavy atom. The van der Waals surface area contributed by atoms with Crippen molar-refractivity contribution in [2.75, 3.05) is 12.4 Å². The molecular formula is C22H16F2N4O2. The van der Waals surface area contributed by atoms with Crippen molar-refractivity contribution in [1.29, 1.82) is 0 Å². The number of nitrogens with zero attached hydrogens (tertiary/aromatic N) is 3. The number of benzene rings is 3. The first-order chi connectivity index (χ1) is 14.5. The van der Waals surface area contributed by atoms with Gasteiger partial charge in [-0.05, 0) is 72.8 Å². The smallest absolute Gasteiger partial charge is 0.295 e. The van der Waals surface area contributed by atoms with Crippen LogP contribution >= 0.6 is 0 Å². The molecule has 0 bridgehead atoms. The minimum atomic E-state index is -0.524. The van der Waals surface area contributed by atoms with Crippen molar-refractivity contribution < 1.29 is 18.3 Å². The van der Waals surface area contributed by atoms with Gasteiger partial charge in [-0.25, -0.2) is 18.4 Å². The Morgan fingerprint density at radius 1 is 0.900 bits per heavy atom. The average Bonchev–Trinajstić information content (AvgIpc) is 3.21. The van der Waals surface area contributed by atoms with Crippen LogP contribution in [0, 0.1) is 11.6 Å². The molecule has 1 heterocycles. The van der Waals surface area contributed by atoms with E-state index in [0.717, 1.165) is 0 Å². The average molecular weight is 406 g/mol. The summed E-state index contributed by atoms with van der Waals surface area (Å²) in [6.45, 7) is 0. The van der Waals surface area contributed by atoms with Crippen molar-refractivity contribution in [3.63, 3.8) is 0 Å². The second-order valence-electron chi connectivity index (χ2n) is 6.34. The number of rotatable bonds is 5. The lowest BCUT2D eigenvalue weighted by atomic mass is 10.2. The highest BCUT2D eigenvalue weighted by atomic mass is 19.1. The number of anilines is 1. The highest BCUT2D eigenvalue weighted by Gasteiger charge is 2.19. The third-order valence-electron chi connectivity index (χ3n) is 4.33. The second kappa shape index (κ2) is 8.12. The predicted octanol–water partition coefficient (Wildman–Crippen LogP) is 4.47. The van der Waals surface area contributed by atoms with Crippen LogP contribution in [0.1, 0.15) is 10.6 Å². The predicted molar refractivity (Wildman–Crippen MR) is 108 cm³/mol. The summed E-state index contributed by atoms with van der Waals surface area (Å²) in [5, 5.41) is 7.01. The quantitative estimate of drug-likeness (QED) is 0.531. The van der Waals surface area contributed by atoms with Gasteiger partial charge in [0.1, 0.15) is 17.4 Å². The molecular weight excluding hydrogens is 390 g/mol. The monoisotopic (exact) mass is 406 g/mol. The molecule has 0 unspecified atom stereocenters. The van der Waals surface area contributed by atoms with E-state index in [-0.39, 0.29) is 5.82 Å². The van der Waals surface area contributed by atoms with Crippen LogP contribution in [0.4, 0.5) is 14.5 Å². The van der Waals surface area contributed by atoms with Crippen LogP contribution in [0.2, 0.25) is 0 Å². The lowest BCUT2D eigenvalue weighted by Gasteiger charge is -2.05. The maximum atomic E-state index is 13.3. The number of methoxy groups -OCH3 is 1. The topological polar surface area (TPSA) is 69.0 Å². The van der Waals surface area contributed by atoms with E-state index in [0.29, 0.717) is 28.5 Å². The standard InChI is InChI=1S/C22H16F2N4O2/c1-30-19-12-8-17(9-13-19)25-22(29)20-26-21(14-2-4-15(23)5-3-14)28(27-20)18-10-6-16(24)7-11-18/h2-13H,1H3,(H,25,29). The molecule has 6 nitrogen and oxygen atoms in total. The molecule has 0 fully saturated rings. The first kappa shape index (κ1) is 19.3. The molecule has 4 aromatic rings. The molecule has 4 rings (SSSR count). The number of carbonyl (C=O) groups excluding carboxylic acids is 1. The summed E-state index contributed by atoms with van der Waals surface area (Å²) in [5.74, 6) is -0.436. The number of carbonyl (C=O) groups is 1. The molecule has 0 saturated heterocycles. The van der Waals surface area contributed by atoms with E-state index in [1.54, 1.807) is 31.4 Å². The van der Waals surface area contributed by atoms with Crippen LogP contribution in [0.15, 0.2) is 72.8 Å². The molecule has 1 amide bonds. The van der Waals surface area contributed by atoms with Gasteiger partial charge in [-0.2, -0.15) is 0 Å². The summed E-state index contributed by atoms with van der Waals surface area (Å²) >= 11 is 0. The number of hydrogen-bond acceptors (Lipinski definition) is 4. The van der Waals surface area contributed by atoms with Crippen LogP contribution in [-0.4, -0.2) is 27.8 Å². The zero-order chi connectivity index (χ0) is 21.1. The molecule has 30 heavy (non-hydrogen) atoms. The Kier molecular flexibility index (Phi) is 5.21. The summed E-state index contributed by atoms with van der Waals surface area (Å²) < 4.78 is 33.2. The molecule has 0 spiro atoms. The Hall–Kier alpha value is -4.07. The van der Waals surface area contributed by atoms with E-state index in [1.807, 2.05) is 0 Å². The minimum absolute atomic E-state index is 0.0885. The zero-order valence-electron chi connectivity index (χ0n) is 15.8. The van der Waals surface area contributed by atoms with E-state index in [2.05, 4.69) is 15.4 Å². The van der Waals surface area contributed by atoms with Crippen molar-refractivity contribution in [2.24, 2.45) is 0 Å². The third-order valence-corrected chi connectivity index (χ3v) is 4.33. The second-order valence-corrected chi connectivity index (χ2v) is 6.34. The molecule has 0 aliphatic rings. The maximum absolute atomic E-state index is 13.3. The SMILES string of the molecule is COc1ccc(NC(=O)c2nc(-c3ccc(F)cc3)n(-c3ccc(F)cc3)n2)cc1. The zero-order valence-corrected chi connectivity index (χ0v) is 15.8. The molecule has 0 saturated carbocycles. The van der Waals surface area contributed by atoms with Gasteiger partial charge in [0.2, 0.25) is 5.82 Å². The van der Waals surface area contributed by atoms with Gasteiger partial charge in [0, 0.05) is 11.3 Å². The summed E-state index contributed by atoms with van der Waals surface area (Å²) in [5.41, 5.74) is 1.60.